The van der Waals surface area contributed by atoms with E-state index in [0.29, 0.717) is 0 Å². The van der Waals surface area contributed by atoms with Gasteiger partial charge in [0.25, 0.3) is 5.91 Å². The SMILES string of the molecule is COC(=O)C[C@@H](NC(=O)c1ccc(F)cc1Cl)C1CC1. The number of hydrogen-bond donors (Lipinski definition) is 1. The Kier molecular flexibility index (Phi) is 4.60. The summed E-state index contributed by atoms with van der Waals surface area (Å²) >= 11 is 5.84. The first-order valence-corrected chi connectivity index (χ1v) is 6.71. The third kappa shape index (κ3) is 3.70. The second-order valence-electron chi connectivity index (χ2n) is 4.82. The van der Waals surface area contributed by atoms with E-state index in [4.69, 9.17) is 11.6 Å². The molecular weight excluding hydrogens is 285 g/mol. The van der Waals surface area contributed by atoms with Gasteiger partial charge in [-0.15, -0.1) is 0 Å². The standard InChI is InChI=1S/C14H15ClFNO3/c1-20-13(18)7-12(8-2-3-8)17-14(19)10-5-4-9(16)6-11(10)15/h4-6,8,12H,2-3,7H2,1H3,(H,17,19)/t12-/m1/s1. The summed E-state index contributed by atoms with van der Waals surface area (Å²) in [6.07, 6.45) is 2.07. The summed E-state index contributed by atoms with van der Waals surface area (Å²) in [5, 5.41) is 2.83. The lowest BCUT2D eigenvalue weighted by Crippen LogP contribution is -2.38. The average Bonchev–Trinajstić information content (AvgIpc) is 3.21. The molecule has 0 aliphatic heterocycles. The molecule has 1 amide bonds. The molecule has 0 bridgehead atoms. The fourth-order valence-corrected chi connectivity index (χ4v) is 2.27. The number of halogens is 2. The third-order valence-corrected chi connectivity index (χ3v) is 3.61. The molecule has 108 valence electrons. The fraction of sp³-hybridized carbons (Fsp3) is 0.429. The van der Waals surface area contributed by atoms with Crippen LogP contribution < -0.4 is 5.32 Å². The average molecular weight is 300 g/mol. The lowest BCUT2D eigenvalue weighted by molar-refractivity contribution is -0.141. The minimum atomic E-state index is -0.500. The highest BCUT2D eigenvalue weighted by atomic mass is 35.5. The molecule has 1 aromatic rings. The summed E-state index contributed by atoms with van der Waals surface area (Å²) in [4.78, 5) is 23.5. The van der Waals surface area contributed by atoms with Gasteiger partial charge >= 0.3 is 5.97 Å². The van der Waals surface area contributed by atoms with Crippen molar-refractivity contribution < 1.29 is 18.7 Å². The van der Waals surface area contributed by atoms with E-state index in [2.05, 4.69) is 10.1 Å². The number of carbonyl (C=O) groups excluding carboxylic acids is 2. The molecule has 1 aliphatic carbocycles. The van der Waals surface area contributed by atoms with Crippen molar-refractivity contribution in [3.63, 3.8) is 0 Å². The van der Waals surface area contributed by atoms with Crippen molar-refractivity contribution in [3.8, 4) is 0 Å². The van der Waals surface area contributed by atoms with E-state index in [1.54, 1.807) is 0 Å². The second kappa shape index (κ2) is 6.22. The Bertz CT molecular complexity index is 531. The summed E-state index contributed by atoms with van der Waals surface area (Å²) in [6, 6.07) is 3.32. The van der Waals surface area contributed by atoms with Gasteiger partial charge in [-0.2, -0.15) is 0 Å². The first-order chi connectivity index (χ1) is 9.51. The molecular formula is C14H15ClFNO3. The van der Waals surface area contributed by atoms with E-state index in [9.17, 15) is 14.0 Å². The van der Waals surface area contributed by atoms with Crippen molar-refractivity contribution in [1.29, 1.82) is 0 Å². The molecule has 0 heterocycles. The summed E-state index contributed by atoms with van der Waals surface area (Å²) in [6.45, 7) is 0. The van der Waals surface area contributed by atoms with Crippen LogP contribution in [0.15, 0.2) is 18.2 Å². The van der Waals surface area contributed by atoms with Gasteiger partial charge in [-0.1, -0.05) is 11.6 Å². The number of esters is 1. The van der Waals surface area contributed by atoms with Gasteiger partial charge in [-0.05, 0) is 37.0 Å². The van der Waals surface area contributed by atoms with Crippen molar-refractivity contribution in [2.45, 2.75) is 25.3 Å². The molecule has 0 aromatic heterocycles. The van der Waals surface area contributed by atoms with Crippen molar-refractivity contribution >= 4 is 23.5 Å². The number of methoxy groups -OCH3 is 1. The highest BCUT2D eigenvalue weighted by Crippen LogP contribution is 2.34. The van der Waals surface area contributed by atoms with Crippen LogP contribution in [0.1, 0.15) is 29.6 Å². The summed E-state index contributed by atoms with van der Waals surface area (Å²) in [7, 11) is 1.31. The van der Waals surface area contributed by atoms with Gasteiger partial charge in [0.1, 0.15) is 5.82 Å². The Morgan fingerprint density at radius 1 is 1.50 bits per heavy atom. The predicted octanol–water partition coefficient (Wildman–Crippen LogP) is 2.55. The van der Waals surface area contributed by atoms with Crippen LogP contribution in [0, 0.1) is 11.7 Å². The highest BCUT2D eigenvalue weighted by molar-refractivity contribution is 6.33. The fourth-order valence-electron chi connectivity index (χ4n) is 2.02. The molecule has 1 aliphatic rings. The normalized spacial score (nSPS) is 15.6. The number of amides is 1. The molecule has 1 fully saturated rings. The van der Waals surface area contributed by atoms with E-state index >= 15 is 0 Å². The van der Waals surface area contributed by atoms with Gasteiger partial charge in [0.2, 0.25) is 0 Å². The minimum absolute atomic E-state index is 0.0510. The third-order valence-electron chi connectivity index (χ3n) is 3.30. The maximum absolute atomic E-state index is 13.0. The lowest BCUT2D eigenvalue weighted by atomic mass is 10.1. The minimum Gasteiger partial charge on any atom is -0.469 e. The number of nitrogens with one attached hydrogen (secondary N) is 1. The van der Waals surface area contributed by atoms with Gasteiger partial charge in [0.15, 0.2) is 0 Å². The Balaban J connectivity index is 2.06. The molecule has 4 nitrogen and oxygen atoms in total. The molecule has 6 heteroatoms. The molecule has 1 aromatic carbocycles. The van der Waals surface area contributed by atoms with Gasteiger partial charge < -0.3 is 10.1 Å². The lowest BCUT2D eigenvalue weighted by Gasteiger charge is -2.17. The van der Waals surface area contributed by atoms with Crippen molar-refractivity contribution in [2.75, 3.05) is 7.11 Å². The van der Waals surface area contributed by atoms with Crippen LogP contribution in [-0.4, -0.2) is 25.0 Å². The first kappa shape index (κ1) is 14.8. The van der Waals surface area contributed by atoms with Crippen LogP contribution >= 0.6 is 11.6 Å². The van der Waals surface area contributed by atoms with Crippen LogP contribution in [0.4, 0.5) is 4.39 Å². The van der Waals surface area contributed by atoms with E-state index in [0.717, 1.165) is 18.9 Å². The van der Waals surface area contributed by atoms with Crippen molar-refractivity contribution in [2.24, 2.45) is 5.92 Å². The largest absolute Gasteiger partial charge is 0.469 e. The van der Waals surface area contributed by atoms with Crippen molar-refractivity contribution in [3.05, 3.63) is 34.6 Å². The zero-order valence-corrected chi connectivity index (χ0v) is 11.7. The maximum atomic E-state index is 13.0. The van der Waals surface area contributed by atoms with Gasteiger partial charge in [0, 0.05) is 6.04 Å². The molecule has 0 saturated heterocycles. The molecule has 1 N–H and O–H groups in total. The number of hydrogen-bond acceptors (Lipinski definition) is 3. The topological polar surface area (TPSA) is 55.4 Å². The Hall–Kier alpha value is -1.62. The molecule has 0 radical (unpaired) electrons. The summed E-state index contributed by atoms with van der Waals surface area (Å²) in [5.41, 5.74) is 0.198. The molecule has 20 heavy (non-hydrogen) atoms. The van der Waals surface area contributed by atoms with E-state index in [1.165, 1.54) is 19.2 Å². The van der Waals surface area contributed by atoms with E-state index in [1.807, 2.05) is 0 Å². The Labute approximate surface area is 121 Å². The molecule has 1 atom stereocenters. The summed E-state index contributed by atoms with van der Waals surface area (Å²) in [5.74, 6) is -0.986. The van der Waals surface area contributed by atoms with E-state index < -0.39 is 11.7 Å². The number of ether oxygens (including phenoxy) is 1. The van der Waals surface area contributed by atoms with Crippen LogP contribution in [0.2, 0.25) is 5.02 Å². The smallest absolute Gasteiger partial charge is 0.307 e. The number of carbonyl (C=O) groups is 2. The first-order valence-electron chi connectivity index (χ1n) is 6.34. The maximum Gasteiger partial charge on any atom is 0.307 e. The van der Waals surface area contributed by atoms with Crippen LogP contribution in [0.3, 0.4) is 0 Å². The summed E-state index contributed by atoms with van der Waals surface area (Å²) < 4.78 is 17.6. The quantitative estimate of drug-likeness (QED) is 0.850. The van der Waals surface area contributed by atoms with Gasteiger partial charge in [0.05, 0.1) is 24.1 Å². The Morgan fingerprint density at radius 3 is 2.75 bits per heavy atom. The second-order valence-corrected chi connectivity index (χ2v) is 5.23. The predicted molar refractivity (Wildman–Crippen MR) is 72.0 cm³/mol. The molecule has 1 saturated carbocycles. The van der Waals surface area contributed by atoms with Crippen LogP contribution in [0.5, 0.6) is 0 Å². The molecule has 0 spiro atoms. The monoisotopic (exact) mass is 299 g/mol. The van der Waals surface area contributed by atoms with E-state index in [-0.39, 0.29) is 34.9 Å². The number of benzene rings is 1. The number of rotatable bonds is 5. The van der Waals surface area contributed by atoms with Gasteiger partial charge in [-0.25, -0.2) is 4.39 Å². The zero-order chi connectivity index (χ0) is 14.7. The molecule has 0 unspecified atom stereocenters. The van der Waals surface area contributed by atoms with Crippen molar-refractivity contribution in [1.82, 2.24) is 5.32 Å². The zero-order valence-electron chi connectivity index (χ0n) is 11.0. The van der Waals surface area contributed by atoms with Crippen LogP contribution in [-0.2, 0) is 9.53 Å². The van der Waals surface area contributed by atoms with Crippen LogP contribution in [0.25, 0.3) is 0 Å². The Morgan fingerprint density at radius 2 is 2.20 bits per heavy atom. The highest BCUT2D eigenvalue weighted by Gasteiger charge is 2.34. The molecule has 2 rings (SSSR count). The van der Waals surface area contributed by atoms with Gasteiger partial charge in [-0.3, -0.25) is 9.59 Å².